The number of aryl methyl sites for hydroxylation is 2. The minimum atomic E-state index is -0.787. The van der Waals surface area contributed by atoms with Crippen molar-refractivity contribution in [3.8, 4) is 11.5 Å². The largest absolute Gasteiger partial charge is 0.497 e. The van der Waals surface area contributed by atoms with Crippen molar-refractivity contribution in [1.82, 2.24) is 0 Å². The fraction of sp³-hybridized carbons (Fsp3) is 0.185. The highest BCUT2D eigenvalue weighted by atomic mass is 16.5. The van der Waals surface area contributed by atoms with Crippen molar-refractivity contribution in [2.45, 2.75) is 26.9 Å². The highest BCUT2D eigenvalue weighted by molar-refractivity contribution is 6.17. The number of hydrogen-bond acceptors (Lipinski definition) is 5. The molecule has 1 atom stereocenters. The average molecular weight is 443 g/mol. The number of benzene rings is 3. The van der Waals surface area contributed by atoms with Gasteiger partial charge in [0, 0.05) is 10.9 Å². The van der Waals surface area contributed by atoms with E-state index >= 15 is 0 Å². The molecule has 168 valence electrons. The van der Waals surface area contributed by atoms with Crippen LogP contribution in [0.25, 0.3) is 11.0 Å². The van der Waals surface area contributed by atoms with Gasteiger partial charge in [-0.2, -0.15) is 0 Å². The number of fused-ring (bicyclic) bond motifs is 1. The zero-order valence-electron chi connectivity index (χ0n) is 19.0. The minimum Gasteiger partial charge on any atom is -0.497 e. The van der Waals surface area contributed by atoms with Gasteiger partial charge in [-0.05, 0) is 80.4 Å². The van der Waals surface area contributed by atoms with E-state index in [1.807, 2.05) is 44.2 Å². The van der Waals surface area contributed by atoms with Gasteiger partial charge in [0.25, 0.3) is 5.91 Å². The van der Waals surface area contributed by atoms with E-state index in [1.165, 1.54) is 0 Å². The van der Waals surface area contributed by atoms with Crippen LogP contribution in [-0.4, -0.2) is 24.9 Å². The van der Waals surface area contributed by atoms with Crippen LogP contribution >= 0.6 is 0 Å². The van der Waals surface area contributed by atoms with Crippen LogP contribution in [0.1, 0.15) is 34.2 Å². The van der Waals surface area contributed by atoms with E-state index in [0.29, 0.717) is 33.7 Å². The maximum Gasteiger partial charge on any atom is 0.265 e. The summed E-state index contributed by atoms with van der Waals surface area (Å²) in [7, 11) is 1.56. The monoisotopic (exact) mass is 443 g/mol. The average Bonchev–Trinajstić information content (AvgIpc) is 3.19. The molecule has 0 aliphatic heterocycles. The molecule has 4 rings (SSSR count). The molecular formula is C27H25NO5. The Kier molecular flexibility index (Phi) is 6.18. The van der Waals surface area contributed by atoms with E-state index < -0.39 is 6.10 Å². The zero-order valence-corrected chi connectivity index (χ0v) is 19.0. The van der Waals surface area contributed by atoms with Crippen LogP contribution in [0, 0.1) is 13.8 Å². The summed E-state index contributed by atoms with van der Waals surface area (Å²) < 4.78 is 16.9. The first-order chi connectivity index (χ1) is 15.9. The molecule has 1 amide bonds. The SMILES string of the molecule is COc1ccc(C(=O)c2oc3ccccc3c2NC(=O)C(C)Oc2ccc(C)c(C)c2)cc1. The summed E-state index contributed by atoms with van der Waals surface area (Å²) in [5.74, 6) is 0.581. The molecule has 0 bridgehead atoms. The van der Waals surface area contributed by atoms with Crippen LogP contribution in [0.5, 0.6) is 11.5 Å². The maximum atomic E-state index is 13.2. The Morgan fingerprint density at radius 3 is 2.30 bits per heavy atom. The number of carbonyl (C=O) groups is 2. The van der Waals surface area contributed by atoms with Gasteiger partial charge < -0.3 is 19.2 Å². The summed E-state index contributed by atoms with van der Waals surface area (Å²) in [5.41, 5.74) is 3.48. The van der Waals surface area contributed by atoms with Crippen LogP contribution < -0.4 is 14.8 Å². The number of hydrogen-bond donors (Lipinski definition) is 1. The van der Waals surface area contributed by atoms with Gasteiger partial charge in [0.05, 0.1) is 12.8 Å². The summed E-state index contributed by atoms with van der Waals surface area (Å²) in [4.78, 5) is 26.2. The molecule has 1 unspecified atom stereocenters. The quantitative estimate of drug-likeness (QED) is 0.371. The first-order valence-corrected chi connectivity index (χ1v) is 10.6. The van der Waals surface area contributed by atoms with Crippen LogP contribution in [0.2, 0.25) is 0 Å². The van der Waals surface area contributed by atoms with E-state index in [0.717, 1.165) is 11.1 Å². The lowest BCUT2D eigenvalue weighted by molar-refractivity contribution is -0.122. The summed E-state index contributed by atoms with van der Waals surface area (Å²) in [6, 6.07) is 19.6. The predicted molar refractivity (Wildman–Crippen MR) is 127 cm³/mol. The Bertz CT molecular complexity index is 1320. The molecule has 1 heterocycles. The van der Waals surface area contributed by atoms with Gasteiger partial charge >= 0.3 is 0 Å². The van der Waals surface area contributed by atoms with Gasteiger partial charge in [-0.15, -0.1) is 0 Å². The Balaban J connectivity index is 1.62. The molecule has 6 nitrogen and oxygen atoms in total. The molecule has 0 aliphatic carbocycles. The molecular weight excluding hydrogens is 418 g/mol. The summed E-state index contributed by atoms with van der Waals surface area (Å²) in [6.45, 7) is 5.67. The van der Waals surface area contributed by atoms with Crippen LogP contribution in [-0.2, 0) is 4.79 Å². The lowest BCUT2D eigenvalue weighted by atomic mass is 10.1. The Morgan fingerprint density at radius 1 is 0.909 bits per heavy atom. The third-order valence-corrected chi connectivity index (χ3v) is 5.56. The van der Waals surface area contributed by atoms with Crippen molar-refractivity contribution in [3.63, 3.8) is 0 Å². The van der Waals surface area contributed by atoms with E-state index in [9.17, 15) is 9.59 Å². The standard InChI is InChI=1S/C27H25NO5/c1-16-9-12-21(15-17(16)2)32-18(3)27(30)28-24-22-7-5-6-8-23(22)33-26(24)25(29)19-10-13-20(31-4)14-11-19/h5-15,18H,1-4H3,(H,28,30). The Morgan fingerprint density at radius 2 is 1.61 bits per heavy atom. The second-order valence-corrected chi connectivity index (χ2v) is 7.86. The number of ketones is 1. The molecule has 4 aromatic rings. The van der Waals surface area contributed by atoms with Gasteiger partial charge in [-0.1, -0.05) is 18.2 Å². The van der Waals surface area contributed by atoms with E-state index in [1.54, 1.807) is 50.4 Å². The smallest absolute Gasteiger partial charge is 0.265 e. The molecule has 1 N–H and O–H groups in total. The number of methoxy groups -OCH3 is 1. The summed E-state index contributed by atoms with van der Waals surface area (Å²) in [6.07, 6.45) is -0.787. The number of rotatable bonds is 7. The molecule has 0 radical (unpaired) electrons. The van der Waals surface area contributed by atoms with Gasteiger partial charge in [-0.3, -0.25) is 9.59 Å². The highest BCUT2D eigenvalue weighted by Gasteiger charge is 2.25. The number of nitrogens with one attached hydrogen (secondary N) is 1. The number of para-hydroxylation sites is 1. The minimum absolute atomic E-state index is 0.0631. The number of amides is 1. The Hall–Kier alpha value is -4.06. The first-order valence-electron chi connectivity index (χ1n) is 10.6. The highest BCUT2D eigenvalue weighted by Crippen LogP contribution is 2.33. The normalized spacial score (nSPS) is 11.8. The molecule has 6 heteroatoms. The fourth-order valence-corrected chi connectivity index (χ4v) is 3.47. The van der Waals surface area contributed by atoms with Crippen molar-refractivity contribution < 1.29 is 23.5 Å². The molecule has 0 saturated heterocycles. The molecule has 1 aromatic heterocycles. The number of anilines is 1. The molecule has 0 fully saturated rings. The van der Waals surface area contributed by atoms with Crippen LogP contribution in [0.3, 0.4) is 0 Å². The lowest BCUT2D eigenvalue weighted by Crippen LogP contribution is -2.30. The number of furan rings is 1. The second kappa shape index (κ2) is 9.20. The molecule has 33 heavy (non-hydrogen) atoms. The van der Waals surface area contributed by atoms with Crippen molar-refractivity contribution in [1.29, 1.82) is 0 Å². The van der Waals surface area contributed by atoms with Crippen LogP contribution in [0.4, 0.5) is 5.69 Å². The molecule has 0 saturated carbocycles. The third-order valence-electron chi connectivity index (χ3n) is 5.56. The van der Waals surface area contributed by atoms with E-state index in [4.69, 9.17) is 13.9 Å². The van der Waals surface area contributed by atoms with E-state index in [-0.39, 0.29) is 17.5 Å². The topological polar surface area (TPSA) is 77.8 Å². The Labute approximate surface area is 192 Å². The summed E-state index contributed by atoms with van der Waals surface area (Å²) in [5, 5.41) is 3.49. The maximum absolute atomic E-state index is 13.2. The van der Waals surface area contributed by atoms with Gasteiger partial charge in [0.15, 0.2) is 11.9 Å². The number of carbonyl (C=O) groups excluding carboxylic acids is 2. The van der Waals surface area contributed by atoms with Crippen molar-refractivity contribution >= 4 is 28.3 Å². The van der Waals surface area contributed by atoms with Crippen LogP contribution in [0.15, 0.2) is 71.1 Å². The third kappa shape index (κ3) is 4.60. The molecule has 0 aliphatic rings. The van der Waals surface area contributed by atoms with Crippen molar-refractivity contribution in [2.24, 2.45) is 0 Å². The molecule has 3 aromatic carbocycles. The van der Waals surface area contributed by atoms with Gasteiger partial charge in [-0.25, -0.2) is 0 Å². The van der Waals surface area contributed by atoms with Crippen molar-refractivity contribution in [2.75, 3.05) is 12.4 Å². The van der Waals surface area contributed by atoms with Crippen molar-refractivity contribution in [3.05, 3.63) is 89.2 Å². The first kappa shape index (κ1) is 22.1. The molecule has 0 spiro atoms. The lowest BCUT2D eigenvalue weighted by Gasteiger charge is -2.15. The summed E-state index contributed by atoms with van der Waals surface area (Å²) >= 11 is 0. The second-order valence-electron chi connectivity index (χ2n) is 7.86. The van der Waals surface area contributed by atoms with Gasteiger partial charge in [0.1, 0.15) is 17.1 Å². The zero-order chi connectivity index (χ0) is 23.5. The fourth-order valence-electron chi connectivity index (χ4n) is 3.47. The van der Waals surface area contributed by atoms with Gasteiger partial charge in [0.2, 0.25) is 5.78 Å². The van der Waals surface area contributed by atoms with E-state index in [2.05, 4.69) is 5.32 Å². The number of ether oxygens (including phenoxy) is 2. The predicted octanol–water partition coefficient (Wildman–Crippen LogP) is 5.70.